The van der Waals surface area contributed by atoms with E-state index in [1.807, 2.05) is 48.5 Å². The molecule has 0 spiro atoms. The van der Waals surface area contributed by atoms with Crippen LogP contribution < -0.4 is 21.7 Å². The zero-order chi connectivity index (χ0) is 31.4. The van der Waals surface area contributed by atoms with Crippen molar-refractivity contribution in [2.24, 2.45) is 5.73 Å². The van der Waals surface area contributed by atoms with E-state index in [1.54, 1.807) is 0 Å². The molecule has 2 atom stereocenters. The SMILES string of the molecule is NC(=O)[C@H](CCCCNC(=O)CCC(=O)O)NC(=O)[C@H](CCC(=O)O)NC(=O)OCC1c2ccccc2-c2ccccc21. The third kappa shape index (κ3) is 9.83. The Labute approximate surface area is 248 Å². The number of ether oxygens (including phenoxy) is 1. The van der Waals surface area contributed by atoms with E-state index in [-0.39, 0.29) is 44.8 Å². The average molecular weight is 597 g/mol. The van der Waals surface area contributed by atoms with Crippen LogP contribution in [0.4, 0.5) is 4.79 Å². The van der Waals surface area contributed by atoms with E-state index in [9.17, 15) is 28.8 Å². The molecule has 0 aliphatic heterocycles. The second-order valence-corrected chi connectivity index (χ2v) is 10.2. The molecule has 7 N–H and O–H groups in total. The molecule has 4 amide bonds. The molecule has 0 radical (unpaired) electrons. The molecule has 1 aliphatic carbocycles. The number of hydrogen-bond donors (Lipinski definition) is 6. The van der Waals surface area contributed by atoms with Gasteiger partial charge in [-0.2, -0.15) is 0 Å². The third-order valence-electron chi connectivity index (χ3n) is 7.07. The van der Waals surface area contributed by atoms with Gasteiger partial charge in [0.2, 0.25) is 17.7 Å². The summed E-state index contributed by atoms with van der Waals surface area (Å²) in [6.07, 6.45) is -1.09. The van der Waals surface area contributed by atoms with Crippen LogP contribution in [0.3, 0.4) is 0 Å². The van der Waals surface area contributed by atoms with Crippen LogP contribution in [-0.2, 0) is 28.7 Å². The number of carbonyl (C=O) groups is 6. The Morgan fingerprint density at radius 2 is 1.37 bits per heavy atom. The van der Waals surface area contributed by atoms with Crippen LogP contribution >= 0.6 is 0 Å². The Balaban J connectivity index is 1.54. The molecule has 0 unspecified atom stereocenters. The minimum Gasteiger partial charge on any atom is -0.481 e. The molecule has 0 fully saturated rings. The summed E-state index contributed by atoms with van der Waals surface area (Å²) in [4.78, 5) is 71.1. The van der Waals surface area contributed by atoms with Crippen LogP contribution in [-0.4, -0.2) is 71.2 Å². The molecule has 13 nitrogen and oxygen atoms in total. The number of nitrogens with one attached hydrogen (secondary N) is 3. The molecule has 3 rings (SSSR count). The summed E-state index contributed by atoms with van der Waals surface area (Å²) in [6.45, 7) is 0.229. The Morgan fingerprint density at radius 1 is 0.767 bits per heavy atom. The van der Waals surface area contributed by atoms with Crippen LogP contribution in [0, 0.1) is 0 Å². The van der Waals surface area contributed by atoms with Gasteiger partial charge in [-0.05, 0) is 47.9 Å². The number of carbonyl (C=O) groups excluding carboxylic acids is 4. The molecule has 13 heteroatoms. The van der Waals surface area contributed by atoms with E-state index in [0.29, 0.717) is 12.8 Å². The van der Waals surface area contributed by atoms with E-state index in [0.717, 1.165) is 22.3 Å². The lowest BCUT2D eigenvalue weighted by atomic mass is 9.98. The number of unbranched alkanes of at least 4 members (excludes halogenated alkanes) is 1. The van der Waals surface area contributed by atoms with Gasteiger partial charge < -0.3 is 36.6 Å². The third-order valence-corrected chi connectivity index (χ3v) is 7.07. The van der Waals surface area contributed by atoms with Gasteiger partial charge in [0.05, 0.1) is 6.42 Å². The molecule has 0 heterocycles. The Hall–Kier alpha value is -4.94. The van der Waals surface area contributed by atoms with Crippen molar-refractivity contribution >= 4 is 35.8 Å². The van der Waals surface area contributed by atoms with Crippen molar-refractivity contribution in [1.29, 1.82) is 0 Å². The number of aliphatic carboxylic acids is 2. The zero-order valence-corrected chi connectivity index (χ0v) is 23.5. The van der Waals surface area contributed by atoms with Crippen LogP contribution in [0.5, 0.6) is 0 Å². The number of nitrogens with two attached hydrogens (primary N) is 1. The smallest absolute Gasteiger partial charge is 0.407 e. The van der Waals surface area contributed by atoms with Crippen molar-refractivity contribution in [3.8, 4) is 11.1 Å². The van der Waals surface area contributed by atoms with Crippen LogP contribution in [0.25, 0.3) is 11.1 Å². The van der Waals surface area contributed by atoms with E-state index in [2.05, 4.69) is 16.0 Å². The summed E-state index contributed by atoms with van der Waals surface area (Å²) in [5.74, 6) is -4.50. The number of carboxylic acid groups (broad SMARTS) is 2. The van der Waals surface area contributed by atoms with Gasteiger partial charge in [0.15, 0.2) is 0 Å². The van der Waals surface area contributed by atoms with Gasteiger partial charge in [-0.15, -0.1) is 0 Å². The van der Waals surface area contributed by atoms with Gasteiger partial charge in [0.1, 0.15) is 18.7 Å². The fourth-order valence-corrected chi connectivity index (χ4v) is 4.89. The van der Waals surface area contributed by atoms with E-state index < -0.39 is 54.3 Å². The summed E-state index contributed by atoms with van der Waals surface area (Å²) in [6, 6.07) is 13.2. The van der Waals surface area contributed by atoms with Crippen LogP contribution in [0.1, 0.15) is 62.0 Å². The number of carboxylic acids is 2. The predicted octanol–water partition coefficient (Wildman–Crippen LogP) is 1.88. The summed E-state index contributed by atoms with van der Waals surface area (Å²) in [7, 11) is 0. The monoisotopic (exact) mass is 596 g/mol. The minimum atomic E-state index is -1.30. The van der Waals surface area contributed by atoms with E-state index >= 15 is 0 Å². The molecule has 2 aromatic rings. The largest absolute Gasteiger partial charge is 0.481 e. The lowest BCUT2D eigenvalue weighted by Crippen LogP contribution is -2.53. The number of hydrogen-bond acceptors (Lipinski definition) is 7. The Bertz CT molecular complexity index is 1300. The number of fused-ring (bicyclic) bond motifs is 3. The summed E-state index contributed by atoms with van der Waals surface area (Å²) in [5.41, 5.74) is 9.54. The summed E-state index contributed by atoms with van der Waals surface area (Å²) >= 11 is 0. The second kappa shape index (κ2) is 15.9. The first-order valence-electron chi connectivity index (χ1n) is 14.0. The van der Waals surface area contributed by atoms with Crippen molar-refractivity contribution in [1.82, 2.24) is 16.0 Å². The van der Waals surface area contributed by atoms with E-state index in [1.165, 1.54) is 0 Å². The number of amides is 4. The molecule has 2 aromatic carbocycles. The topological polar surface area (TPSA) is 214 Å². The molecule has 1 aliphatic rings. The highest BCUT2D eigenvalue weighted by molar-refractivity contribution is 5.91. The van der Waals surface area contributed by atoms with Crippen LogP contribution in [0.2, 0.25) is 0 Å². The van der Waals surface area contributed by atoms with Crippen molar-refractivity contribution < 1.29 is 43.7 Å². The maximum Gasteiger partial charge on any atom is 0.407 e. The van der Waals surface area contributed by atoms with Gasteiger partial charge in [-0.3, -0.25) is 24.0 Å². The van der Waals surface area contributed by atoms with Gasteiger partial charge in [0, 0.05) is 25.3 Å². The highest BCUT2D eigenvalue weighted by atomic mass is 16.5. The number of benzene rings is 2. The van der Waals surface area contributed by atoms with Gasteiger partial charge in [-0.25, -0.2) is 4.79 Å². The maximum absolute atomic E-state index is 13.0. The first-order valence-corrected chi connectivity index (χ1v) is 14.0. The second-order valence-electron chi connectivity index (χ2n) is 10.2. The van der Waals surface area contributed by atoms with Crippen molar-refractivity contribution in [3.05, 3.63) is 59.7 Å². The van der Waals surface area contributed by atoms with E-state index in [4.69, 9.17) is 20.7 Å². The molecule has 0 bridgehead atoms. The fourth-order valence-electron chi connectivity index (χ4n) is 4.89. The molecular weight excluding hydrogens is 560 g/mol. The maximum atomic E-state index is 13.0. The molecule has 0 saturated carbocycles. The minimum absolute atomic E-state index is 0.0100. The molecule has 43 heavy (non-hydrogen) atoms. The molecular formula is C30H36N4O9. The van der Waals surface area contributed by atoms with Crippen molar-refractivity contribution in [2.45, 2.75) is 62.9 Å². The normalized spacial score (nSPS) is 13.1. The highest BCUT2D eigenvalue weighted by Gasteiger charge is 2.30. The highest BCUT2D eigenvalue weighted by Crippen LogP contribution is 2.44. The number of primary amides is 1. The fraction of sp³-hybridized carbons (Fsp3) is 0.400. The lowest BCUT2D eigenvalue weighted by molar-refractivity contribution is -0.139. The Morgan fingerprint density at radius 3 is 1.95 bits per heavy atom. The zero-order valence-electron chi connectivity index (χ0n) is 23.5. The van der Waals surface area contributed by atoms with Crippen LogP contribution in [0.15, 0.2) is 48.5 Å². The standard InChI is InChI=1S/C30H36N4O9/c31-28(40)23(11-5-6-16-32-25(35)13-15-27(38)39)33-29(41)24(12-14-26(36)37)34-30(42)43-17-22-20-9-3-1-7-18(20)19-8-2-4-10-21(19)22/h1-4,7-10,22-24H,5-6,11-17H2,(H2,31,40)(H,32,35)(H,33,41)(H,34,42)(H,36,37)(H,38,39)/t23-,24-/m0/s1. The number of alkyl carbamates (subject to hydrolysis) is 1. The van der Waals surface area contributed by atoms with Gasteiger partial charge in [-0.1, -0.05) is 48.5 Å². The van der Waals surface area contributed by atoms with Crippen molar-refractivity contribution in [3.63, 3.8) is 0 Å². The van der Waals surface area contributed by atoms with Gasteiger partial charge in [0.25, 0.3) is 0 Å². The van der Waals surface area contributed by atoms with Gasteiger partial charge >= 0.3 is 18.0 Å². The quantitative estimate of drug-likeness (QED) is 0.147. The number of rotatable bonds is 17. The summed E-state index contributed by atoms with van der Waals surface area (Å²) < 4.78 is 5.48. The first-order chi connectivity index (χ1) is 20.6. The molecule has 0 saturated heterocycles. The lowest BCUT2D eigenvalue weighted by Gasteiger charge is -2.22. The van der Waals surface area contributed by atoms with Crippen molar-refractivity contribution in [2.75, 3.05) is 13.2 Å². The predicted molar refractivity (Wildman–Crippen MR) is 154 cm³/mol. The molecule has 230 valence electrons. The average Bonchev–Trinajstić information content (AvgIpc) is 3.29. The Kier molecular flexibility index (Phi) is 12.0. The first kappa shape index (κ1) is 32.6. The molecule has 0 aromatic heterocycles. The summed E-state index contributed by atoms with van der Waals surface area (Å²) in [5, 5.41) is 25.2.